The third-order valence-electron chi connectivity index (χ3n) is 8.83. The number of ether oxygens (including phenoxy) is 3. The van der Waals surface area contributed by atoms with Crippen LogP contribution in [0.5, 0.6) is 0 Å². The summed E-state index contributed by atoms with van der Waals surface area (Å²) >= 11 is 0. The minimum atomic E-state index is -4.87. The molecule has 57 heavy (non-hydrogen) atoms. The summed E-state index contributed by atoms with van der Waals surface area (Å²) in [5, 5.41) is 20.1. The van der Waals surface area contributed by atoms with Crippen molar-refractivity contribution in [3.63, 3.8) is 0 Å². The minimum absolute atomic E-state index is 0.114. The molecule has 0 aliphatic carbocycles. The first kappa shape index (κ1) is 55.5. The molecule has 2 unspecified atom stereocenters. The van der Waals surface area contributed by atoms with E-state index in [9.17, 15) is 43.5 Å². The van der Waals surface area contributed by atoms with Crippen LogP contribution in [0.15, 0.2) is 0 Å². The van der Waals surface area contributed by atoms with Gasteiger partial charge in [0, 0.05) is 19.3 Å². The molecule has 0 aromatic carbocycles. The van der Waals surface area contributed by atoms with Gasteiger partial charge in [0.15, 0.2) is 6.10 Å². The van der Waals surface area contributed by atoms with E-state index in [2.05, 4.69) is 29.8 Å². The molecule has 18 heteroatoms. The molecule has 0 saturated heterocycles. The zero-order valence-electron chi connectivity index (χ0n) is 35.0. The fourth-order valence-electron chi connectivity index (χ4n) is 5.45. The Balaban J connectivity index is 4.70. The van der Waals surface area contributed by atoms with Gasteiger partial charge in [-0.1, -0.05) is 136 Å². The van der Waals surface area contributed by atoms with Crippen LogP contribution in [-0.4, -0.2) is 95.9 Å². The van der Waals surface area contributed by atoms with E-state index in [4.69, 9.17) is 23.3 Å². The molecule has 0 saturated carbocycles. The van der Waals surface area contributed by atoms with Crippen molar-refractivity contribution < 1.29 is 75.8 Å². The van der Waals surface area contributed by atoms with Gasteiger partial charge < -0.3 is 34.2 Å². The molecule has 0 aromatic rings. The van der Waals surface area contributed by atoms with Crippen molar-refractivity contribution in [1.29, 1.82) is 0 Å². The number of unbranched alkanes of at least 4 members (excludes halogenated alkanes) is 18. The summed E-state index contributed by atoms with van der Waals surface area (Å²) in [4.78, 5) is 56.8. The fraction of sp³-hybridized carbons (Fsp3) is 0.923. The first-order valence-corrected chi connectivity index (χ1v) is 24.3. The van der Waals surface area contributed by atoms with Crippen LogP contribution in [0.3, 0.4) is 0 Å². The molecule has 4 N–H and O–H groups in total. The monoisotopic (exact) mass is 862 g/mol. The van der Waals surface area contributed by atoms with Crippen LogP contribution in [0.4, 0.5) is 0 Å². The third kappa shape index (κ3) is 37.3. The molecule has 0 aromatic heterocycles. The van der Waals surface area contributed by atoms with E-state index in [0.29, 0.717) is 19.3 Å². The average molecular weight is 863 g/mol. The summed E-state index contributed by atoms with van der Waals surface area (Å²) in [5.41, 5.74) is 0. The van der Waals surface area contributed by atoms with Crippen molar-refractivity contribution in [2.24, 2.45) is 0 Å². The first-order chi connectivity index (χ1) is 27.2. The van der Waals surface area contributed by atoms with Gasteiger partial charge in [0.25, 0.3) is 0 Å². The van der Waals surface area contributed by atoms with Crippen molar-refractivity contribution in [3.8, 4) is 0 Å². The van der Waals surface area contributed by atoms with Crippen molar-refractivity contribution in [2.45, 2.75) is 193 Å². The Labute approximate surface area is 341 Å². The molecule has 0 fully saturated rings. The number of hydrogen-bond donors (Lipinski definition) is 4. The number of rotatable bonds is 41. The van der Waals surface area contributed by atoms with E-state index in [1.54, 1.807) is 0 Å². The predicted molar refractivity (Wildman–Crippen MR) is 215 cm³/mol. The van der Waals surface area contributed by atoms with E-state index >= 15 is 0 Å². The molecule has 0 spiro atoms. The second-order valence-corrected chi connectivity index (χ2v) is 17.4. The normalized spacial score (nSPS) is 15.3. The summed E-state index contributed by atoms with van der Waals surface area (Å²) in [6, 6.07) is 0. The Morgan fingerprint density at radius 3 is 1.11 bits per heavy atom. The van der Waals surface area contributed by atoms with Crippen LogP contribution < -0.4 is 0 Å². The van der Waals surface area contributed by atoms with Crippen LogP contribution in [0, 0.1) is 0 Å². The summed E-state index contributed by atoms with van der Waals surface area (Å²) < 4.78 is 59.5. The topological polar surface area (TPSA) is 231 Å². The summed E-state index contributed by atoms with van der Waals surface area (Å²) in [5.74, 6) is -1.59. The Bertz CT molecular complexity index is 1110. The van der Waals surface area contributed by atoms with Crippen LogP contribution in [0.2, 0.25) is 0 Å². The van der Waals surface area contributed by atoms with Gasteiger partial charge >= 0.3 is 33.6 Å². The molecule has 16 nitrogen and oxygen atoms in total. The highest BCUT2D eigenvalue weighted by Gasteiger charge is 2.29. The number of esters is 3. The Morgan fingerprint density at radius 2 is 0.719 bits per heavy atom. The number of carbonyl (C=O) groups is 3. The van der Waals surface area contributed by atoms with Gasteiger partial charge in [-0.05, 0) is 19.3 Å². The van der Waals surface area contributed by atoms with Crippen molar-refractivity contribution >= 4 is 33.6 Å². The van der Waals surface area contributed by atoms with E-state index in [0.717, 1.165) is 77.0 Å². The molecule has 0 aliphatic heterocycles. The van der Waals surface area contributed by atoms with E-state index < -0.39 is 91.5 Å². The largest absolute Gasteiger partial charge is 0.472 e. The van der Waals surface area contributed by atoms with Gasteiger partial charge in [-0.25, -0.2) is 9.13 Å². The van der Waals surface area contributed by atoms with E-state index in [1.807, 2.05) is 0 Å². The van der Waals surface area contributed by atoms with Gasteiger partial charge in [-0.3, -0.25) is 32.5 Å². The number of carbonyl (C=O) groups excluding carboxylic acids is 3. The quantitative estimate of drug-likeness (QED) is 0.0196. The maximum Gasteiger partial charge on any atom is 0.472 e. The second-order valence-electron chi connectivity index (χ2n) is 14.5. The van der Waals surface area contributed by atoms with Gasteiger partial charge in [-0.2, -0.15) is 0 Å². The zero-order valence-corrected chi connectivity index (χ0v) is 36.8. The van der Waals surface area contributed by atoms with Crippen LogP contribution >= 0.6 is 15.6 Å². The second kappa shape index (κ2) is 36.4. The maximum atomic E-state index is 12.6. The number of phosphoric acid groups is 2. The van der Waals surface area contributed by atoms with Crippen LogP contribution in [0.1, 0.15) is 175 Å². The fourth-order valence-corrected chi connectivity index (χ4v) is 7.03. The summed E-state index contributed by atoms with van der Waals surface area (Å²) in [6.45, 7) is 2.38. The lowest BCUT2D eigenvalue weighted by Crippen LogP contribution is -2.30. The number of phosphoric ester groups is 2. The standard InChI is InChI=1S/C39H76O16P2/c1-4-7-10-13-14-15-16-17-18-21-24-27-39(44)55-36(32-50-38(43)26-23-20-12-9-6-3)33-54-57(47,48)53-31-35(41)30-52-56(45,46)51-29-34(40)28-49-37(42)25-22-19-11-8-5-2/h34-36,40-41H,4-33H2,1-3H3,(H,45,46)(H,47,48)/t34-,35-,36-/m1/s1. The molecule has 0 amide bonds. The van der Waals surface area contributed by atoms with Gasteiger partial charge in [0.05, 0.1) is 26.4 Å². The third-order valence-corrected chi connectivity index (χ3v) is 10.7. The molecule has 5 atom stereocenters. The first-order valence-electron chi connectivity index (χ1n) is 21.3. The molecule has 0 radical (unpaired) electrons. The Morgan fingerprint density at radius 1 is 0.421 bits per heavy atom. The summed E-state index contributed by atoms with van der Waals surface area (Å²) in [7, 11) is -9.67. The lowest BCUT2D eigenvalue weighted by atomic mass is 10.1. The molecule has 0 heterocycles. The highest BCUT2D eigenvalue weighted by Crippen LogP contribution is 2.45. The molecule has 338 valence electrons. The zero-order chi connectivity index (χ0) is 42.6. The van der Waals surface area contributed by atoms with Crippen molar-refractivity contribution in [2.75, 3.05) is 39.6 Å². The lowest BCUT2D eigenvalue weighted by molar-refractivity contribution is -0.161. The molecular formula is C39H76O16P2. The predicted octanol–water partition coefficient (Wildman–Crippen LogP) is 8.40. The Kier molecular flexibility index (Phi) is 35.5. The number of aliphatic hydroxyl groups excluding tert-OH is 2. The van der Waals surface area contributed by atoms with E-state index in [-0.39, 0.29) is 19.3 Å². The smallest absolute Gasteiger partial charge is 0.463 e. The summed E-state index contributed by atoms with van der Waals surface area (Å²) in [6.07, 6.45) is 17.7. The van der Waals surface area contributed by atoms with Crippen molar-refractivity contribution in [1.82, 2.24) is 0 Å². The average Bonchev–Trinajstić information content (AvgIpc) is 3.17. The SMILES string of the molecule is CCCCCCCCCCCCCC(=O)O[C@H](COC(=O)CCCCCCC)COP(=O)(O)OC[C@H](O)COP(=O)(O)OC[C@H](O)COC(=O)CCCCCCC. The number of aliphatic hydroxyl groups is 2. The molecule has 0 aliphatic rings. The maximum absolute atomic E-state index is 12.6. The highest BCUT2D eigenvalue weighted by atomic mass is 31.2. The van der Waals surface area contributed by atoms with Gasteiger partial charge in [0.1, 0.15) is 25.4 Å². The minimum Gasteiger partial charge on any atom is -0.463 e. The lowest BCUT2D eigenvalue weighted by Gasteiger charge is -2.21. The molecular weight excluding hydrogens is 786 g/mol. The molecule has 0 rings (SSSR count). The number of hydrogen-bond acceptors (Lipinski definition) is 14. The van der Waals surface area contributed by atoms with Crippen LogP contribution in [0.25, 0.3) is 0 Å². The van der Waals surface area contributed by atoms with Crippen LogP contribution in [-0.2, 0) is 55.8 Å². The van der Waals surface area contributed by atoms with Crippen molar-refractivity contribution in [3.05, 3.63) is 0 Å². The van der Waals surface area contributed by atoms with Gasteiger partial charge in [-0.15, -0.1) is 0 Å². The van der Waals surface area contributed by atoms with E-state index in [1.165, 1.54) is 38.5 Å². The highest BCUT2D eigenvalue weighted by molar-refractivity contribution is 7.47. The van der Waals surface area contributed by atoms with Gasteiger partial charge in [0.2, 0.25) is 0 Å². The Hall–Kier alpha value is -1.45. The molecule has 0 bridgehead atoms.